The summed E-state index contributed by atoms with van der Waals surface area (Å²) in [5.74, 6) is -2.75. The zero-order valence-corrected chi connectivity index (χ0v) is 23.4. The minimum Gasteiger partial charge on any atom is -0.497 e. The number of aliphatic carboxylic acids is 1. The number of hydrogen-bond donors (Lipinski definition) is 3. The molecule has 224 valence electrons. The maximum Gasteiger partial charge on any atom is 0.490 e. The Labute approximate surface area is 233 Å². The van der Waals surface area contributed by atoms with E-state index >= 15 is 0 Å². The van der Waals surface area contributed by atoms with Gasteiger partial charge in [-0.1, -0.05) is 5.16 Å². The second kappa shape index (κ2) is 13.3. The standard InChI is InChI=1S/C23H27N3O7S.C2HF3O2/c1-14-18(15(2)33-24-14)10-11-26(3)20-8-6-16(12-19(20)23(27)28)25-34(29,30)22-13-17(31-4)7-9-21(22)32-5;3-2(4,5)1(6)7/h6-9,12-13,25H,10-11H2,1-5H3,(H,27,28);(H,6,7). The molecule has 0 bridgehead atoms. The van der Waals surface area contributed by atoms with Crippen LogP contribution in [0.2, 0.25) is 0 Å². The van der Waals surface area contributed by atoms with Crippen LogP contribution in [-0.4, -0.2) is 69.7 Å². The van der Waals surface area contributed by atoms with E-state index in [9.17, 15) is 31.5 Å². The lowest BCUT2D eigenvalue weighted by atomic mass is 10.1. The third kappa shape index (κ3) is 8.51. The smallest absolute Gasteiger partial charge is 0.490 e. The van der Waals surface area contributed by atoms with E-state index in [0.717, 1.165) is 17.0 Å². The molecule has 0 saturated carbocycles. The van der Waals surface area contributed by atoms with Gasteiger partial charge >= 0.3 is 18.1 Å². The van der Waals surface area contributed by atoms with Crippen LogP contribution in [0.5, 0.6) is 11.5 Å². The van der Waals surface area contributed by atoms with Crippen molar-refractivity contribution in [3.63, 3.8) is 0 Å². The fourth-order valence-electron chi connectivity index (χ4n) is 3.57. The number of likely N-dealkylation sites (N-methyl/N-ethyl adjacent to an activating group) is 1. The van der Waals surface area contributed by atoms with Crippen LogP contribution < -0.4 is 19.1 Å². The van der Waals surface area contributed by atoms with Crippen molar-refractivity contribution in [1.82, 2.24) is 5.16 Å². The Hall–Kier alpha value is -4.47. The first-order chi connectivity index (χ1) is 19.0. The van der Waals surface area contributed by atoms with E-state index in [-0.39, 0.29) is 21.9 Å². The summed E-state index contributed by atoms with van der Waals surface area (Å²) in [4.78, 5) is 22.5. The number of nitrogens with zero attached hydrogens (tertiary/aromatic N) is 2. The van der Waals surface area contributed by atoms with Crippen LogP contribution in [0.4, 0.5) is 24.5 Å². The van der Waals surface area contributed by atoms with Crippen molar-refractivity contribution in [2.24, 2.45) is 0 Å². The van der Waals surface area contributed by atoms with Crippen molar-refractivity contribution in [1.29, 1.82) is 0 Å². The summed E-state index contributed by atoms with van der Waals surface area (Å²) in [6.07, 6.45) is -4.47. The van der Waals surface area contributed by atoms with Crippen molar-refractivity contribution in [3.8, 4) is 11.5 Å². The number of aromatic nitrogens is 1. The lowest BCUT2D eigenvalue weighted by molar-refractivity contribution is -0.192. The van der Waals surface area contributed by atoms with Crippen LogP contribution in [0.15, 0.2) is 45.8 Å². The van der Waals surface area contributed by atoms with Gasteiger partial charge in [-0.15, -0.1) is 0 Å². The van der Waals surface area contributed by atoms with Gasteiger partial charge in [-0.05, 0) is 50.6 Å². The van der Waals surface area contributed by atoms with Crippen LogP contribution in [0.3, 0.4) is 0 Å². The van der Waals surface area contributed by atoms with Crippen molar-refractivity contribution in [2.75, 3.05) is 37.4 Å². The second-order valence-corrected chi connectivity index (χ2v) is 10.1. The molecule has 2 aromatic carbocycles. The minimum atomic E-state index is -5.08. The van der Waals surface area contributed by atoms with E-state index in [4.69, 9.17) is 23.9 Å². The summed E-state index contributed by atoms with van der Waals surface area (Å²) in [6, 6.07) is 8.75. The van der Waals surface area contributed by atoms with Gasteiger partial charge in [0.25, 0.3) is 10.0 Å². The SMILES string of the molecule is COc1ccc(OC)c(S(=O)(=O)Nc2ccc(N(C)CCc3c(C)noc3C)c(C(=O)O)c2)c1.O=C(O)C(F)(F)F. The molecule has 3 rings (SSSR count). The molecule has 0 aliphatic carbocycles. The van der Waals surface area contributed by atoms with E-state index < -0.39 is 28.1 Å². The summed E-state index contributed by atoms with van der Waals surface area (Å²) in [6.45, 7) is 4.19. The maximum absolute atomic E-state index is 13.0. The monoisotopic (exact) mass is 603 g/mol. The van der Waals surface area contributed by atoms with Crippen molar-refractivity contribution in [2.45, 2.75) is 31.3 Å². The highest BCUT2D eigenvalue weighted by atomic mass is 32.2. The van der Waals surface area contributed by atoms with Crippen molar-refractivity contribution < 1.29 is 55.4 Å². The topological polar surface area (TPSA) is 168 Å². The molecule has 12 nitrogen and oxygen atoms in total. The Morgan fingerprint density at radius 2 is 1.71 bits per heavy atom. The summed E-state index contributed by atoms with van der Waals surface area (Å²) >= 11 is 0. The van der Waals surface area contributed by atoms with Crippen molar-refractivity contribution in [3.05, 3.63) is 59.0 Å². The number of alkyl halides is 3. The summed E-state index contributed by atoms with van der Waals surface area (Å²) in [7, 11) is 0.456. The van der Waals surface area contributed by atoms with Crippen LogP contribution in [0.25, 0.3) is 0 Å². The molecule has 0 unspecified atom stereocenters. The fourth-order valence-corrected chi connectivity index (χ4v) is 4.80. The molecule has 16 heteroatoms. The Morgan fingerprint density at radius 3 is 2.20 bits per heavy atom. The Kier molecular flexibility index (Phi) is 10.6. The van der Waals surface area contributed by atoms with Gasteiger partial charge < -0.3 is 29.1 Å². The quantitative estimate of drug-likeness (QED) is 0.305. The molecule has 0 atom stereocenters. The van der Waals surface area contributed by atoms with E-state index in [1.165, 1.54) is 38.5 Å². The van der Waals surface area contributed by atoms with Crippen LogP contribution in [-0.2, 0) is 21.2 Å². The van der Waals surface area contributed by atoms with Gasteiger partial charge in [0.05, 0.1) is 31.2 Å². The van der Waals surface area contributed by atoms with E-state index in [1.54, 1.807) is 24.1 Å². The number of nitrogens with one attached hydrogen (secondary N) is 1. The molecule has 1 aromatic heterocycles. The average Bonchev–Trinajstić information content (AvgIpc) is 3.22. The average molecular weight is 604 g/mol. The molecule has 1 heterocycles. The molecule has 3 N–H and O–H groups in total. The van der Waals surface area contributed by atoms with E-state index in [0.29, 0.717) is 24.4 Å². The number of carboxylic acid groups (broad SMARTS) is 2. The number of carboxylic acids is 2. The maximum atomic E-state index is 13.0. The van der Waals surface area contributed by atoms with E-state index in [2.05, 4.69) is 9.88 Å². The molecular formula is C25H28F3N3O9S. The molecule has 0 aliphatic rings. The molecule has 0 amide bonds. The third-order valence-electron chi connectivity index (χ3n) is 5.67. The van der Waals surface area contributed by atoms with Gasteiger partial charge in [0, 0.05) is 30.9 Å². The van der Waals surface area contributed by atoms with Crippen molar-refractivity contribution >= 4 is 33.3 Å². The number of anilines is 2. The molecule has 3 aromatic rings. The van der Waals surface area contributed by atoms with Crippen LogP contribution in [0, 0.1) is 13.8 Å². The van der Waals surface area contributed by atoms with Gasteiger partial charge in [0.1, 0.15) is 22.2 Å². The third-order valence-corrected chi connectivity index (χ3v) is 7.07. The lowest BCUT2D eigenvalue weighted by Gasteiger charge is -2.22. The van der Waals surface area contributed by atoms with Gasteiger partial charge in [-0.2, -0.15) is 13.2 Å². The van der Waals surface area contributed by atoms with Crippen LogP contribution in [0.1, 0.15) is 27.4 Å². The number of aryl methyl sites for hydroxylation is 2. The second-order valence-electron chi connectivity index (χ2n) is 8.44. The summed E-state index contributed by atoms with van der Waals surface area (Å²) in [5.41, 5.74) is 2.27. The van der Waals surface area contributed by atoms with Gasteiger partial charge in [-0.25, -0.2) is 18.0 Å². The largest absolute Gasteiger partial charge is 0.497 e. The molecule has 0 saturated heterocycles. The molecule has 0 aliphatic heterocycles. The number of benzene rings is 2. The Balaban J connectivity index is 0.000000745. The number of rotatable bonds is 10. The van der Waals surface area contributed by atoms with Crippen LogP contribution >= 0.6 is 0 Å². The molecule has 0 fully saturated rings. The minimum absolute atomic E-state index is 0.0425. The number of hydrogen-bond acceptors (Lipinski definition) is 9. The summed E-state index contributed by atoms with van der Waals surface area (Å²) < 4.78 is 75.7. The van der Waals surface area contributed by atoms with Gasteiger partial charge in [-0.3, -0.25) is 4.72 Å². The Bertz CT molecular complexity index is 1490. The lowest BCUT2D eigenvalue weighted by Crippen LogP contribution is -2.23. The van der Waals surface area contributed by atoms with E-state index in [1.807, 2.05) is 13.8 Å². The Morgan fingerprint density at radius 1 is 1.07 bits per heavy atom. The molecule has 0 spiro atoms. The predicted molar refractivity (Wildman–Crippen MR) is 140 cm³/mol. The summed E-state index contributed by atoms with van der Waals surface area (Å²) in [5, 5.41) is 20.8. The predicted octanol–water partition coefficient (Wildman–Crippen LogP) is 4.12. The van der Waals surface area contributed by atoms with Gasteiger partial charge in [0.15, 0.2) is 0 Å². The number of sulfonamides is 1. The zero-order chi connectivity index (χ0) is 31.1. The normalized spacial score (nSPS) is 11.2. The number of aromatic carboxylic acids is 1. The highest BCUT2D eigenvalue weighted by Crippen LogP contribution is 2.31. The first-order valence-corrected chi connectivity index (χ1v) is 13.0. The fraction of sp³-hybridized carbons (Fsp3) is 0.320. The molecular weight excluding hydrogens is 575 g/mol. The molecule has 0 radical (unpaired) electrons. The van der Waals surface area contributed by atoms with Gasteiger partial charge in [0.2, 0.25) is 0 Å². The highest BCUT2D eigenvalue weighted by Gasteiger charge is 2.38. The first kappa shape index (κ1) is 32.7. The number of methoxy groups -OCH3 is 2. The number of ether oxygens (including phenoxy) is 2. The first-order valence-electron chi connectivity index (χ1n) is 11.6. The number of carbonyl (C=O) groups is 2. The highest BCUT2D eigenvalue weighted by molar-refractivity contribution is 7.92. The molecule has 41 heavy (non-hydrogen) atoms. The zero-order valence-electron chi connectivity index (χ0n) is 22.6. The number of halogens is 3.